The number of nitrogens with zero attached hydrogens (tertiary/aromatic N) is 2. The maximum absolute atomic E-state index is 6.08. The summed E-state index contributed by atoms with van der Waals surface area (Å²) in [6.45, 7) is 8.21. The number of hydrogen-bond acceptors (Lipinski definition) is 2. The second-order valence-electron chi connectivity index (χ2n) is 5.39. The van der Waals surface area contributed by atoms with Crippen molar-refractivity contribution in [1.82, 2.24) is 15.1 Å². The summed E-state index contributed by atoms with van der Waals surface area (Å²) in [5.74, 6) is 0. The summed E-state index contributed by atoms with van der Waals surface area (Å²) in [5.41, 5.74) is 3.65. The van der Waals surface area contributed by atoms with Crippen LogP contribution in [0.5, 0.6) is 0 Å². The van der Waals surface area contributed by atoms with Crippen LogP contribution in [-0.2, 0) is 19.4 Å². The number of nitrogens with one attached hydrogen (secondary N) is 1. The van der Waals surface area contributed by atoms with Crippen molar-refractivity contribution in [3.63, 3.8) is 0 Å². The van der Waals surface area contributed by atoms with Gasteiger partial charge in [-0.2, -0.15) is 5.10 Å². The number of aryl methyl sites for hydroxylation is 2. The van der Waals surface area contributed by atoms with Crippen LogP contribution in [0.15, 0.2) is 30.3 Å². The van der Waals surface area contributed by atoms with Gasteiger partial charge in [0.25, 0.3) is 0 Å². The molecule has 1 aromatic heterocycles. The lowest BCUT2D eigenvalue weighted by Gasteiger charge is -2.18. The van der Waals surface area contributed by atoms with Crippen LogP contribution in [0.25, 0.3) is 0 Å². The molecule has 1 N–H and O–H groups in total. The molecule has 0 radical (unpaired) electrons. The first-order valence-electron chi connectivity index (χ1n) is 7.63. The Labute approximate surface area is 132 Å². The first-order valence-corrected chi connectivity index (χ1v) is 8.01. The van der Waals surface area contributed by atoms with Crippen molar-refractivity contribution in [2.45, 2.75) is 46.2 Å². The van der Waals surface area contributed by atoms with Crippen LogP contribution >= 0.6 is 11.6 Å². The van der Waals surface area contributed by atoms with E-state index in [1.165, 1.54) is 11.3 Å². The first kappa shape index (κ1) is 16.1. The van der Waals surface area contributed by atoms with Gasteiger partial charge in [0.2, 0.25) is 0 Å². The molecule has 0 saturated heterocycles. The molecule has 1 unspecified atom stereocenters. The average Bonchev–Trinajstić information content (AvgIpc) is 2.79. The first-order chi connectivity index (χ1) is 10.1. The van der Waals surface area contributed by atoms with Crippen molar-refractivity contribution in [2.75, 3.05) is 6.54 Å². The van der Waals surface area contributed by atoms with E-state index in [2.05, 4.69) is 48.0 Å². The van der Waals surface area contributed by atoms with Gasteiger partial charge in [0.1, 0.15) is 0 Å². The Morgan fingerprint density at radius 1 is 1.24 bits per heavy atom. The highest BCUT2D eigenvalue weighted by Gasteiger charge is 2.13. The number of hydrogen-bond donors (Lipinski definition) is 1. The van der Waals surface area contributed by atoms with E-state index >= 15 is 0 Å². The van der Waals surface area contributed by atoms with E-state index in [1.807, 2.05) is 18.2 Å². The fourth-order valence-electron chi connectivity index (χ4n) is 2.74. The molecule has 0 aliphatic heterocycles. The van der Waals surface area contributed by atoms with Gasteiger partial charge in [-0.3, -0.25) is 4.68 Å². The highest BCUT2D eigenvalue weighted by atomic mass is 35.5. The fourth-order valence-corrected chi connectivity index (χ4v) is 2.96. The van der Waals surface area contributed by atoms with Gasteiger partial charge in [-0.25, -0.2) is 0 Å². The predicted octanol–water partition coefficient (Wildman–Crippen LogP) is 3.63. The minimum absolute atomic E-state index is 0.398. The molecule has 1 atom stereocenters. The van der Waals surface area contributed by atoms with E-state index in [0.717, 1.165) is 36.6 Å². The molecule has 0 fully saturated rings. The Bertz CT molecular complexity index is 577. The van der Waals surface area contributed by atoms with Crippen LogP contribution in [-0.4, -0.2) is 22.4 Å². The molecule has 4 heteroatoms. The Balaban J connectivity index is 2.11. The minimum Gasteiger partial charge on any atom is -0.314 e. The highest BCUT2D eigenvalue weighted by molar-refractivity contribution is 6.30. The number of likely N-dealkylation sites (N-methyl/N-ethyl adjacent to an activating group) is 1. The monoisotopic (exact) mass is 305 g/mol. The molecule has 1 heterocycles. The standard InChI is InChI=1S/C17H24ClN3/c1-4-19-16(11-14-7-6-8-15(18)10-14)12-17-9-13(3)20-21(17)5-2/h6-10,16,19H,4-5,11-12H2,1-3H3. The molecule has 0 saturated carbocycles. The van der Waals surface area contributed by atoms with Crippen molar-refractivity contribution in [1.29, 1.82) is 0 Å². The fraction of sp³-hybridized carbons (Fsp3) is 0.471. The summed E-state index contributed by atoms with van der Waals surface area (Å²) in [6, 6.07) is 10.7. The second kappa shape index (κ2) is 7.62. The van der Waals surface area contributed by atoms with Crippen molar-refractivity contribution >= 4 is 11.6 Å². The lowest BCUT2D eigenvalue weighted by atomic mass is 10.0. The lowest BCUT2D eigenvalue weighted by molar-refractivity contribution is 0.495. The molecular formula is C17H24ClN3. The maximum Gasteiger partial charge on any atom is 0.0596 e. The van der Waals surface area contributed by atoms with Crippen molar-refractivity contribution in [3.8, 4) is 0 Å². The maximum atomic E-state index is 6.08. The van der Waals surface area contributed by atoms with Crippen molar-refractivity contribution in [3.05, 3.63) is 52.3 Å². The number of halogens is 1. The van der Waals surface area contributed by atoms with E-state index in [-0.39, 0.29) is 0 Å². The average molecular weight is 306 g/mol. The molecule has 0 spiro atoms. The van der Waals surface area contributed by atoms with Gasteiger partial charge in [-0.05, 0) is 50.6 Å². The summed E-state index contributed by atoms with van der Waals surface area (Å²) in [5, 5.41) is 8.91. The Kier molecular flexibility index (Phi) is 5.83. The van der Waals surface area contributed by atoms with E-state index in [4.69, 9.17) is 11.6 Å². The van der Waals surface area contributed by atoms with E-state index in [0.29, 0.717) is 6.04 Å². The van der Waals surface area contributed by atoms with Crippen LogP contribution in [0.1, 0.15) is 30.8 Å². The molecule has 0 amide bonds. The summed E-state index contributed by atoms with van der Waals surface area (Å²) in [7, 11) is 0. The van der Waals surface area contributed by atoms with Crippen LogP contribution in [0.2, 0.25) is 5.02 Å². The highest BCUT2D eigenvalue weighted by Crippen LogP contribution is 2.15. The molecule has 2 aromatic rings. The molecule has 114 valence electrons. The van der Waals surface area contributed by atoms with Gasteiger partial charge in [0.05, 0.1) is 5.69 Å². The Morgan fingerprint density at radius 2 is 2.05 bits per heavy atom. The molecule has 21 heavy (non-hydrogen) atoms. The molecule has 1 aromatic carbocycles. The van der Waals surface area contributed by atoms with Crippen molar-refractivity contribution < 1.29 is 0 Å². The molecule has 3 nitrogen and oxygen atoms in total. The SMILES string of the molecule is CCNC(Cc1cccc(Cl)c1)Cc1cc(C)nn1CC. The van der Waals surface area contributed by atoms with Crippen molar-refractivity contribution in [2.24, 2.45) is 0 Å². The Morgan fingerprint density at radius 3 is 2.71 bits per heavy atom. The van der Waals surface area contributed by atoms with Crippen LogP contribution in [0.4, 0.5) is 0 Å². The zero-order valence-electron chi connectivity index (χ0n) is 13.1. The third kappa shape index (κ3) is 4.58. The van der Waals surface area contributed by atoms with E-state index in [9.17, 15) is 0 Å². The van der Waals surface area contributed by atoms with Crippen LogP contribution < -0.4 is 5.32 Å². The summed E-state index contributed by atoms with van der Waals surface area (Å²) in [4.78, 5) is 0. The molecule has 0 bridgehead atoms. The quantitative estimate of drug-likeness (QED) is 0.846. The number of aromatic nitrogens is 2. The summed E-state index contributed by atoms with van der Waals surface area (Å²) < 4.78 is 2.09. The smallest absolute Gasteiger partial charge is 0.0596 e. The second-order valence-corrected chi connectivity index (χ2v) is 5.82. The predicted molar refractivity (Wildman–Crippen MR) is 89.0 cm³/mol. The number of rotatable bonds is 7. The molecule has 2 rings (SSSR count). The lowest BCUT2D eigenvalue weighted by Crippen LogP contribution is -2.33. The van der Waals surface area contributed by atoms with Gasteiger partial charge < -0.3 is 5.32 Å². The van der Waals surface area contributed by atoms with Crippen LogP contribution in [0, 0.1) is 6.92 Å². The third-order valence-corrected chi connectivity index (χ3v) is 3.84. The number of benzene rings is 1. The van der Waals surface area contributed by atoms with Gasteiger partial charge in [0.15, 0.2) is 0 Å². The van der Waals surface area contributed by atoms with E-state index < -0.39 is 0 Å². The van der Waals surface area contributed by atoms with Gasteiger partial charge in [-0.1, -0.05) is 30.7 Å². The normalized spacial score (nSPS) is 12.6. The molecule has 0 aliphatic carbocycles. The van der Waals surface area contributed by atoms with Gasteiger partial charge in [-0.15, -0.1) is 0 Å². The van der Waals surface area contributed by atoms with Gasteiger partial charge in [0, 0.05) is 29.7 Å². The topological polar surface area (TPSA) is 29.9 Å². The minimum atomic E-state index is 0.398. The van der Waals surface area contributed by atoms with E-state index in [1.54, 1.807) is 0 Å². The molecular weight excluding hydrogens is 282 g/mol. The summed E-state index contributed by atoms with van der Waals surface area (Å²) in [6.07, 6.45) is 1.96. The zero-order chi connectivity index (χ0) is 15.2. The summed E-state index contributed by atoms with van der Waals surface area (Å²) >= 11 is 6.08. The third-order valence-electron chi connectivity index (χ3n) is 3.60. The van der Waals surface area contributed by atoms with Gasteiger partial charge >= 0.3 is 0 Å². The Hall–Kier alpha value is -1.32. The molecule has 0 aliphatic rings. The zero-order valence-corrected chi connectivity index (χ0v) is 13.8. The van der Waals surface area contributed by atoms with Crippen LogP contribution in [0.3, 0.4) is 0 Å². The largest absolute Gasteiger partial charge is 0.314 e.